The van der Waals surface area contributed by atoms with Gasteiger partial charge in [0.25, 0.3) is 0 Å². The topological polar surface area (TPSA) is 71.7 Å². The van der Waals surface area contributed by atoms with Crippen molar-refractivity contribution in [3.8, 4) is 0 Å². The van der Waals surface area contributed by atoms with Crippen LogP contribution in [-0.2, 0) is 4.74 Å². The van der Waals surface area contributed by atoms with Gasteiger partial charge in [0, 0.05) is 19.2 Å². The summed E-state index contributed by atoms with van der Waals surface area (Å²) in [4.78, 5) is 15.2. The number of halogens is 1. The summed E-state index contributed by atoms with van der Waals surface area (Å²) in [5.74, 6) is 0.204. The van der Waals surface area contributed by atoms with Crippen molar-refractivity contribution in [2.75, 3.05) is 31.3 Å². The molecule has 1 fully saturated rings. The van der Waals surface area contributed by atoms with Crippen LogP contribution in [0.1, 0.15) is 0 Å². The van der Waals surface area contributed by atoms with Gasteiger partial charge in [-0.1, -0.05) is 29.8 Å². The molecule has 0 radical (unpaired) electrons. The van der Waals surface area contributed by atoms with Crippen LogP contribution in [0.5, 0.6) is 0 Å². The number of hydrazine groups is 1. The number of para-hydroxylation sites is 1. The van der Waals surface area contributed by atoms with Crippen LogP contribution < -0.4 is 5.01 Å². The molecule has 1 aromatic carbocycles. The second-order valence-corrected chi connectivity index (χ2v) is 5.33. The number of aromatic nitrogens is 1. The van der Waals surface area contributed by atoms with Crippen LogP contribution in [0.3, 0.4) is 0 Å². The minimum atomic E-state index is -0.449. The average Bonchev–Trinajstić information content (AvgIpc) is 2.57. The summed E-state index contributed by atoms with van der Waals surface area (Å²) in [5.41, 5.74) is 0.692. The highest BCUT2D eigenvalue weighted by Crippen LogP contribution is 2.34. The van der Waals surface area contributed by atoms with Crippen molar-refractivity contribution in [3.63, 3.8) is 0 Å². The van der Waals surface area contributed by atoms with Gasteiger partial charge in [-0.15, -0.1) is 0 Å². The fraction of sp³-hybridized carbons (Fsp3) is 0.267. The number of pyridine rings is 1. The van der Waals surface area contributed by atoms with Crippen LogP contribution in [0.25, 0.3) is 0 Å². The maximum atomic E-state index is 11.4. The van der Waals surface area contributed by atoms with Gasteiger partial charge in [-0.05, 0) is 18.2 Å². The van der Waals surface area contributed by atoms with E-state index in [4.69, 9.17) is 16.3 Å². The largest absolute Gasteiger partial charge is 0.379 e. The minimum Gasteiger partial charge on any atom is -0.379 e. The Bertz CT molecular complexity index is 692. The Morgan fingerprint density at radius 2 is 1.87 bits per heavy atom. The first kappa shape index (κ1) is 15.7. The van der Waals surface area contributed by atoms with Gasteiger partial charge < -0.3 is 4.74 Å². The second kappa shape index (κ2) is 6.91. The quantitative estimate of drug-likeness (QED) is 0.486. The minimum absolute atomic E-state index is 0.0928. The molecule has 120 valence electrons. The Kier molecular flexibility index (Phi) is 4.71. The molecule has 0 unspecified atom stereocenters. The number of rotatable bonds is 4. The molecule has 1 aliphatic heterocycles. The van der Waals surface area contributed by atoms with E-state index in [1.165, 1.54) is 12.1 Å². The molecule has 3 rings (SSSR count). The molecule has 0 spiro atoms. The van der Waals surface area contributed by atoms with Gasteiger partial charge in [0.1, 0.15) is 5.15 Å². The summed E-state index contributed by atoms with van der Waals surface area (Å²) >= 11 is 5.99. The SMILES string of the molecule is O=[N+]([O-])c1ccc(Cl)nc1N(c1ccccc1)N1CCOCC1. The fourth-order valence-electron chi connectivity index (χ4n) is 2.46. The van der Waals surface area contributed by atoms with Crippen LogP contribution >= 0.6 is 11.6 Å². The monoisotopic (exact) mass is 334 g/mol. The molecule has 1 aliphatic rings. The van der Waals surface area contributed by atoms with E-state index in [9.17, 15) is 10.1 Å². The van der Waals surface area contributed by atoms with E-state index < -0.39 is 4.92 Å². The molecular formula is C15H15ClN4O3. The third-order valence-corrected chi connectivity index (χ3v) is 3.70. The lowest BCUT2D eigenvalue weighted by atomic mass is 10.3. The van der Waals surface area contributed by atoms with Crippen molar-refractivity contribution in [2.24, 2.45) is 0 Å². The lowest BCUT2D eigenvalue weighted by Crippen LogP contribution is -2.47. The zero-order valence-corrected chi connectivity index (χ0v) is 13.0. The Morgan fingerprint density at radius 3 is 2.52 bits per heavy atom. The molecular weight excluding hydrogens is 320 g/mol. The predicted molar refractivity (Wildman–Crippen MR) is 86.9 cm³/mol. The zero-order chi connectivity index (χ0) is 16.2. The maximum absolute atomic E-state index is 11.4. The van der Waals surface area contributed by atoms with E-state index in [2.05, 4.69) is 4.98 Å². The number of ether oxygens (including phenoxy) is 1. The van der Waals surface area contributed by atoms with Crippen molar-refractivity contribution in [1.29, 1.82) is 0 Å². The number of morpholine rings is 1. The Morgan fingerprint density at radius 1 is 1.17 bits per heavy atom. The first-order valence-corrected chi connectivity index (χ1v) is 7.53. The average molecular weight is 335 g/mol. The van der Waals surface area contributed by atoms with Crippen LogP contribution in [0, 0.1) is 10.1 Å². The van der Waals surface area contributed by atoms with Crippen molar-refractivity contribution >= 4 is 28.8 Å². The van der Waals surface area contributed by atoms with E-state index >= 15 is 0 Å². The predicted octanol–water partition coefficient (Wildman–Crippen LogP) is 3.03. The van der Waals surface area contributed by atoms with Gasteiger partial charge >= 0.3 is 5.69 Å². The third-order valence-electron chi connectivity index (χ3n) is 3.49. The summed E-state index contributed by atoms with van der Waals surface area (Å²) in [6.07, 6.45) is 0. The summed E-state index contributed by atoms with van der Waals surface area (Å²) in [6, 6.07) is 12.2. The van der Waals surface area contributed by atoms with E-state index in [0.29, 0.717) is 26.3 Å². The summed E-state index contributed by atoms with van der Waals surface area (Å²) in [7, 11) is 0. The number of nitro groups is 1. The van der Waals surface area contributed by atoms with E-state index in [1.807, 2.05) is 35.3 Å². The van der Waals surface area contributed by atoms with Crippen LogP contribution in [0.2, 0.25) is 5.15 Å². The highest BCUT2D eigenvalue weighted by atomic mass is 35.5. The Hall–Kier alpha value is -2.22. The highest BCUT2D eigenvalue weighted by Gasteiger charge is 2.28. The summed E-state index contributed by atoms with van der Waals surface area (Å²) in [6.45, 7) is 2.33. The molecule has 0 atom stereocenters. The lowest BCUT2D eigenvalue weighted by Gasteiger charge is -2.37. The van der Waals surface area contributed by atoms with Gasteiger partial charge in [-0.25, -0.2) is 9.99 Å². The summed E-state index contributed by atoms with van der Waals surface area (Å²) < 4.78 is 5.37. The fourth-order valence-corrected chi connectivity index (χ4v) is 2.60. The molecule has 7 nitrogen and oxygen atoms in total. The van der Waals surface area contributed by atoms with E-state index in [0.717, 1.165) is 5.69 Å². The molecule has 0 N–H and O–H groups in total. The van der Waals surface area contributed by atoms with Crippen molar-refractivity contribution in [2.45, 2.75) is 0 Å². The molecule has 8 heteroatoms. The van der Waals surface area contributed by atoms with Gasteiger partial charge in [-0.2, -0.15) is 0 Å². The third kappa shape index (κ3) is 3.42. The molecule has 1 saturated heterocycles. The Labute approximate surface area is 138 Å². The van der Waals surface area contributed by atoms with Gasteiger partial charge in [0.2, 0.25) is 5.82 Å². The van der Waals surface area contributed by atoms with Crippen LogP contribution in [-0.4, -0.2) is 41.2 Å². The molecule has 23 heavy (non-hydrogen) atoms. The molecule has 0 aliphatic carbocycles. The van der Waals surface area contributed by atoms with Crippen LogP contribution in [0.15, 0.2) is 42.5 Å². The first-order valence-electron chi connectivity index (χ1n) is 7.15. The molecule has 0 saturated carbocycles. The molecule has 2 heterocycles. The van der Waals surface area contributed by atoms with Crippen molar-refractivity contribution in [3.05, 3.63) is 57.7 Å². The highest BCUT2D eigenvalue weighted by molar-refractivity contribution is 6.29. The maximum Gasteiger partial charge on any atom is 0.313 e. The van der Waals surface area contributed by atoms with Crippen molar-refractivity contribution < 1.29 is 9.66 Å². The molecule has 0 bridgehead atoms. The van der Waals surface area contributed by atoms with Crippen molar-refractivity contribution in [1.82, 2.24) is 9.99 Å². The molecule has 1 aromatic heterocycles. The molecule has 0 amide bonds. The van der Waals surface area contributed by atoms with E-state index in [-0.39, 0.29) is 16.7 Å². The number of anilines is 2. The number of benzene rings is 1. The van der Waals surface area contributed by atoms with Gasteiger partial charge in [0.15, 0.2) is 0 Å². The Balaban J connectivity index is 2.11. The van der Waals surface area contributed by atoms with Crippen LogP contribution in [0.4, 0.5) is 17.2 Å². The van der Waals surface area contributed by atoms with E-state index in [1.54, 1.807) is 5.01 Å². The van der Waals surface area contributed by atoms with Gasteiger partial charge in [-0.3, -0.25) is 15.1 Å². The zero-order valence-electron chi connectivity index (χ0n) is 12.3. The summed E-state index contributed by atoms with van der Waals surface area (Å²) in [5, 5.41) is 15.3. The molecule has 2 aromatic rings. The number of hydrogen-bond donors (Lipinski definition) is 0. The first-order chi connectivity index (χ1) is 11.2. The number of hydrogen-bond acceptors (Lipinski definition) is 6. The normalized spacial score (nSPS) is 15.3. The smallest absolute Gasteiger partial charge is 0.313 e. The lowest BCUT2D eigenvalue weighted by molar-refractivity contribution is -0.384. The standard InChI is InChI=1S/C15H15ClN4O3/c16-14-7-6-13(20(21)22)15(17-14)19(12-4-2-1-3-5-12)18-8-10-23-11-9-18/h1-7H,8-11H2. The van der Waals surface area contributed by atoms with Gasteiger partial charge in [0.05, 0.1) is 23.8 Å². The second-order valence-electron chi connectivity index (χ2n) is 4.95. The number of nitrogens with zero attached hydrogens (tertiary/aromatic N) is 4.